The number of carboxylic acid groups (broad SMARTS) is 1. The lowest BCUT2D eigenvalue weighted by Crippen LogP contribution is -1.97. The minimum absolute atomic E-state index is 0.201. The zero-order valence-electron chi connectivity index (χ0n) is 9.63. The van der Waals surface area contributed by atoms with Crippen LogP contribution in [0.2, 0.25) is 0 Å². The van der Waals surface area contributed by atoms with Gasteiger partial charge in [0.15, 0.2) is 5.75 Å². The molecule has 0 aliphatic heterocycles. The first kappa shape index (κ1) is 12.6. The maximum absolute atomic E-state index is 10.8. The Balaban J connectivity index is 2.19. The van der Waals surface area contributed by atoms with Gasteiger partial charge in [-0.05, 0) is 41.1 Å². The number of hydrogen-bond donors (Lipinski definition) is 1. The van der Waals surface area contributed by atoms with E-state index in [-0.39, 0.29) is 5.56 Å². The summed E-state index contributed by atoms with van der Waals surface area (Å²) in [5.41, 5.74) is 0.201. The number of halogens is 1. The Morgan fingerprint density at radius 2 is 2.28 bits per heavy atom. The summed E-state index contributed by atoms with van der Waals surface area (Å²) in [4.78, 5) is 10.8. The van der Waals surface area contributed by atoms with E-state index in [1.54, 1.807) is 29.2 Å². The maximum atomic E-state index is 10.8. The van der Waals surface area contributed by atoms with Crippen LogP contribution in [0.3, 0.4) is 0 Å². The molecule has 1 aromatic heterocycles. The van der Waals surface area contributed by atoms with Crippen molar-refractivity contribution in [3.8, 4) is 11.5 Å². The zero-order valence-corrected chi connectivity index (χ0v) is 11.2. The Hall–Kier alpha value is -1.82. The molecule has 0 atom stereocenters. The SMILES string of the molecule is CCn1cc(Oc2ccc(C(=O)O)c(Br)c2)cn1. The molecule has 1 heterocycles. The summed E-state index contributed by atoms with van der Waals surface area (Å²) in [5.74, 6) is 0.196. The second kappa shape index (κ2) is 5.22. The number of ether oxygens (including phenoxy) is 1. The largest absolute Gasteiger partial charge is 0.478 e. The average Bonchev–Trinajstić information content (AvgIpc) is 2.76. The highest BCUT2D eigenvalue weighted by Crippen LogP contribution is 2.26. The second-order valence-corrected chi connectivity index (χ2v) is 4.43. The molecule has 6 heteroatoms. The van der Waals surface area contributed by atoms with Gasteiger partial charge < -0.3 is 9.84 Å². The normalized spacial score (nSPS) is 10.3. The van der Waals surface area contributed by atoms with Gasteiger partial charge in [-0.3, -0.25) is 4.68 Å². The third-order valence-corrected chi connectivity index (χ3v) is 3.00. The van der Waals surface area contributed by atoms with Crippen LogP contribution in [-0.2, 0) is 6.54 Å². The van der Waals surface area contributed by atoms with Gasteiger partial charge in [0.1, 0.15) is 5.75 Å². The molecule has 1 N–H and O–H groups in total. The molecule has 0 bridgehead atoms. The molecule has 0 spiro atoms. The molecule has 2 rings (SSSR count). The van der Waals surface area contributed by atoms with Crippen LogP contribution < -0.4 is 4.74 Å². The Bertz CT molecular complexity index is 580. The van der Waals surface area contributed by atoms with Crippen molar-refractivity contribution in [1.82, 2.24) is 9.78 Å². The van der Waals surface area contributed by atoms with E-state index in [2.05, 4.69) is 21.0 Å². The molecular formula is C12H11BrN2O3. The first-order valence-corrected chi connectivity index (χ1v) is 6.12. The van der Waals surface area contributed by atoms with Crippen molar-refractivity contribution < 1.29 is 14.6 Å². The first-order chi connectivity index (χ1) is 8.60. The van der Waals surface area contributed by atoms with Crippen molar-refractivity contribution in [3.63, 3.8) is 0 Å². The standard InChI is InChI=1S/C12H11BrN2O3/c1-2-15-7-9(6-14-15)18-8-3-4-10(12(16)17)11(13)5-8/h3-7H,2H2,1H3,(H,16,17). The van der Waals surface area contributed by atoms with Crippen LogP contribution in [0.15, 0.2) is 35.1 Å². The van der Waals surface area contributed by atoms with Crippen molar-refractivity contribution in [2.45, 2.75) is 13.5 Å². The van der Waals surface area contributed by atoms with Gasteiger partial charge in [-0.2, -0.15) is 5.10 Å². The van der Waals surface area contributed by atoms with Crippen LogP contribution in [0, 0.1) is 0 Å². The Morgan fingerprint density at radius 1 is 1.50 bits per heavy atom. The molecule has 2 aromatic rings. The fourth-order valence-electron chi connectivity index (χ4n) is 1.44. The number of carbonyl (C=O) groups is 1. The van der Waals surface area contributed by atoms with Gasteiger partial charge >= 0.3 is 5.97 Å². The number of carboxylic acids is 1. The molecule has 0 aliphatic carbocycles. The molecule has 1 aromatic carbocycles. The van der Waals surface area contributed by atoms with Crippen LogP contribution in [0.5, 0.6) is 11.5 Å². The summed E-state index contributed by atoms with van der Waals surface area (Å²) in [6.07, 6.45) is 3.39. The van der Waals surface area contributed by atoms with E-state index in [1.807, 2.05) is 6.92 Å². The van der Waals surface area contributed by atoms with Gasteiger partial charge in [0.25, 0.3) is 0 Å². The van der Waals surface area contributed by atoms with E-state index in [1.165, 1.54) is 6.07 Å². The van der Waals surface area contributed by atoms with Crippen LogP contribution in [0.25, 0.3) is 0 Å². The summed E-state index contributed by atoms with van der Waals surface area (Å²) in [7, 11) is 0. The molecule has 0 fully saturated rings. The zero-order chi connectivity index (χ0) is 13.1. The summed E-state index contributed by atoms with van der Waals surface area (Å²) in [6, 6.07) is 4.72. The quantitative estimate of drug-likeness (QED) is 0.942. The highest BCUT2D eigenvalue weighted by atomic mass is 79.9. The lowest BCUT2D eigenvalue weighted by molar-refractivity contribution is 0.0696. The van der Waals surface area contributed by atoms with Crippen LogP contribution in [-0.4, -0.2) is 20.9 Å². The third-order valence-electron chi connectivity index (χ3n) is 2.34. The van der Waals surface area contributed by atoms with Crippen molar-refractivity contribution in [2.24, 2.45) is 0 Å². The summed E-state index contributed by atoms with van der Waals surface area (Å²) in [6.45, 7) is 2.75. The van der Waals surface area contributed by atoms with Crippen molar-refractivity contribution in [1.29, 1.82) is 0 Å². The van der Waals surface area contributed by atoms with Crippen LogP contribution >= 0.6 is 15.9 Å². The molecule has 0 unspecified atom stereocenters. The number of nitrogens with zero attached hydrogens (tertiary/aromatic N) is 2. The van der Waals surface area contributed by atoms with Gasteiger partial charge in [-0.1, -0.05) is 0 Å². The van der Waals surface area contributed by atoms with Crippen molar-refractivity contribution in [3.05, 3.63) is 40.6 Å². The van der Waals surface area contributed by atoms with Gasteiger partial charge in [-0.25, -0.2) is 4.79 Å². The van der Waals surface area contributed by atoms with Crippen LogP contribution in [0.1, 0.15) is 17.3 Å². The molecule has 0 saturated carbocycles. The third kappa shape index (κ3) is 2.70. The highest BCUT2D eigenvalue weighted by molar-refractivity contribution is 9.10. The fraction of sp³-hybridized carbons (Fsp3) is 0.167. The Labute approximate surface area is 112 Å². The molecule has 0 aliphatic rings. The van der Waals surface area contributed by atoms with Gasteiger partial charge in [0.2, 0.25) is 0 Å². The first-order valence-electron chi connectivity index (χ1n) is 5.33. The lowest BCUT2D eigenvalue weighted by Gasteiger charge is -2.05. The van der Waals surface area contributed by atoms with Crippen LogP contribution in [0.4, 0.5) is 0 Å². The molecule has 0 radical (unpaired) electrons. The smallest absolute Gasteiger partial charge is 0.336 e. The van der Waals surface area contributed by atoms with E-state index in [0.717, 1.165) is 6.54 Å². The van der Waals surface area contributed by atoms with E-state index >= 15 is 0 Å². The van der Waals surface area contributed by atoms with Gasteiger partial charge in [-0.15, -0.1) is 0 Å². The molecule has 5 nitrogen and oxygen atoms in total. The Morgan fingerprint density at radius 3 is 2.83 bits per heavy atom. The van der Waals surface area contributed by atoms with Gasteiger partial charge in [0, 0.05) is 11.0 Å². The van der Waals surface area contributed by atoms with E-state index in [9.17, 15) is 4.79 Å². The van der Waals surface area contributed by atoms with E-state index in [4.69, 9.17) is 9.84 Å². The number of rotatable bonds is 4. The highest BCUT2D eigenvalue weighted by Gasteiger charge is 2.09. The predicted octanol–water partition coefficient (Wildman–Crippen LogP) is 3.16. The Kier molecular flexibility index (Phi) is 3.66. The second-order valence-electron chi connectivity index (χ2n) is 3.58. The van der Waals surface area contributed by atoms with Gasteiger partial charge in [0.05, 0.1) is 18.0 Å². The fourth-order valence-corrected chi connectivity index (χ4v) is 1.97. The molecule has 18 heavy (non-hydrogen) atoms. The predicted molar refractivity (Wildman–Crippen MR) is 69.1 cm³/mol. The number of aromatic carboxylic acids is 1. The van der Waals surface area contributed by atoms with Crippen molar-refractivity contribution in [2.75, 3.05) is 0 Å². The summed E-state index contributed by atoms with van der Waals surface area (Å²) in [5, 5.41) is 13.0. The number of benzene rings is 1. The molecule has 0 saturated heterocycles. The van der Waals surface area contributed by atoms with Crippen molar-refractivity contribution >= 4 is 21.9 Å². The average molecular weight is 311 g/mol. The number of aromatic nitrogens is 2. The monoisotopic (exact) mass is 310 g/mol. The lowest BCUT2D eigenvalue weighted by atomic mass is 10.2. The molecule has 0 amide bonds. The molecule has 94 valence electrons. The summed E-state index contributed by atoms with van der Waals surface area (Å²) < 4.78 is 7.80. The maximum Gasteiger partial charge on any atom is 0.336 e. The topological polar surface area (TPSA) is 64.3 Å². The summed E-state index contributed by atoms with van der Waals surface area (Å²) >= 11 is 3.20. The molecular weight excluding hydrogens is 300 g/mol. The number of hydrogen-bond acceptors (Lipinski definition) is 3. The number of aryl methyl sites for hydroxylation is 1. The minimum Gasteiger partial charge on any atom is -0.478 e. The van der Waals surface area contributed by atoms with E-state index in [0.29, 0.717) is 16.0 Å². The van der Waals surface area contributed by atoms with E-state index < -0.39 is 5.97 Å². The minimum atomic E-state index is -0.979.